The second kappa shape index (κ2) is 10.8. The molecule has 174 valence electrons. The molecule has 1 atom stereocenters. The van der Waals surface area contributed by atoms with Crippen LogP contribution in [0.4, 0.5) is 15.8 Å². The lowest BCUT2D eigenvalue weighted by atomic mass is 10.1. The van der Waals surface area contributed by atoms with Crippen LogP contribution in [0.1, 0.15) is 29.8 Å². The third-order valence-electron chi connectivity index (χ3n) is 5.58. The van der Waals surface area contributed by atoms with Crippen molar-refractivity contribution in [1.82, 2.24) is 14.8 Å². The Morgan fingerprint density at radius 3 is 2.64 bits per heavy atom. The van der Waals surface area contributed by atoms with Crippen LogP contribution in [0, 0.1) is 19.7 Å². The molecule has 3 aromatic rings. The van der Waals surface area contributed by atoms with E-state index in [0.29, 0.717) is 18.2 Å². The second-order valence-electron chi connectivity index (χ2n) is 8.11. The highest BCUT2D eigenvalue weighted by atomic mass is 32.2. The Hall–Kier alpha value is -2.91. The number of aromatic nitrogens is 3. The zero-order chi connectivity index (χ0) is 23.2. The summed E-state index contributed by atoms with van der Waals surface area (Å²) in [5, 5.41) is 15.6. The fourth-order valence-electron chi connectivity index (χ4n) is 3.80. The molecule has 2 N–H and O–H groups in total. The molecule has 0 radical (unpaired) electrons. The van der Waals surface area contributed by atoms with Gasteiger partial charge < -0.3 is 19.9 Å². The van der Waals surface area contributed by atoms with Crippen LogP contribution >= 0.6 is 11.8 Å². The number of amides is 1. The van der Waals surface area contributed by atoms with E-state index in [4.69, 9.17) is 4.74 Å². The quantitative estimate of drug-likeness (QED) is 0.448. The number of carbonyl (C=O) groups is 1. The molecule has 9 heteroatoms. The van der Waals surface area contributed by atoms with E-state index in [1.54, 1.807) is 12.1 Å². The Bertz CT molecular complexity index is 1080. The minimum atomic E-state index is -0.278. The summed E-state index contributed by atoms with van der Waals surface area (Å²) >= 11 is 1.36. The topological polar surface area (TPSA) is 81.1 Å². The maximum Gasteiger partial charge on any atom is 0.234 e. The van der Waals surface area contributed by atoms with Crippen LogP contribution in [0.3, 0.4) is 0 Å². The minimum absolute atomic E-state index is 0.0879. The van der Waals surface area contributed by atoms with Crippen molar-refractivity contribution < 1.29 is 13.9 Å². The fourth-order valence-corrected chi connectivity index (χ4v) is 4.56. The Labute approximate surface area is 197 Å². The molecule has 1 aliphatic rings. The van der Waals surface area contributed by atoms with Crippen molar-refractivity contribution in [1.29, 1.82) is 0 Å². The number of aryl methyl sites for hydroxylation is 2. The van der Waals surface area contributed by atoms with Crippen LogP contribution in [0.2, 0.25) is 0 Å². The van der Waals surface area contributed by atoms with E-state index >= 15 is 0 Å². The molecule has 0 aliphatic carbocycles. The summed E-state index contributed by atoms with van der Waals surface area (Å²) in [4.78, 5) is 12.6. The van der Waals surface area contributed by atoms with Crippen molar-refractivity contribution in [3.63, 3.8) is 0 Å². The molecule has 0 unspecified atom stereocenters. The van der Waals surface area contributed by atoms with Gasteiger partial charge in [-0.15, -0.1) is 10.2 Å². The lowest BCUT2D eigenvalue weighted by molar-refractivity contribution is -0.113. The van der Waals surface area contributed by atoms with E-state index in [0.717, 1.165) is 47.8 Å². The molecule has 7 nitrogen and oxygen atoms in total. The zero-order valence-corrected chi connectivity index (χ0v) is 19.6. The first-order valence-electron chi connectivity index (χ1n) is 11.0. The van der Waals surface area contributed by atoms with Crippen molar-refractivity contribution in [3.8, 4) is 0 Å². The molecule has 2 aromatic carbocycles. The highest BCUT2D eigenvalue weighted by Crippen LogP contribution is 2.24. The number of thioether (sulfide) groups is 1. The van der Waals surface area contributed by atoms with Gasteiger partial charge in [-0.05, 0) is 62.1 Å². The van der Waals surface area contributed by atoms with Crippen molar-refractivity contribution >= 4 is 29.0 Å². The van der Waals surface area contributed by atoms with E-state index in [1.807, 2.05) is 36.6 Å². The largest absolute Gasteiger partial charge is 0.378 e. The number of ether oxygens (including phenoxy) is 1. The molecule has 1 fully saturated rings. The molecule has 1 amide bonds. The van der Waals surface area contributed by atoms with Gasteiger partial charge in [0.15, 0.2) is 11.0 Å². The van der Waals surface area contributed by atoms with Gasteiger partial charge in [-0.25, -0.2) is 4.39 Å². The summed E-state index contributed by atoms with van der Waals surface area (Å²) in [6, 6.07) is 12.1. The predicted octanol–water partition coefficient (Wildman–Crippen LogP) is 4.56. The van der Waals surface area contributed by atoms with E-state index in [9.17, 15) is 9.18 Å². The number of anilines is 2. The molecule has 33 heavy (non-hydrogen) atoms. The molecule has 1 aromatic heterocycles. The van der Waals surface area contributed by atoms with E-state index < -0.39 is 0 Å². The van der Waals surface area contributed by atoms with Crippen LogP contribution in [-0.4, -0.2) is 39.1 Å². The molecular weight excluding hydrogens is 441 g/mol. The number of nitrogens with one attached hydrogen (secondary N) is 2. The van der Waals surface area contributed by atoms with Crippen molar-refractivity contribution in [2.24, 2.45) is 0 Å². The van der Waals surface area contributed by atoms with Crippen LogP contribution in [0.5, 0.6) is 0 Å². The van der Waals surface area contributed by atoms with Crippen molar-refractivity contribution in [3.05, 3.63) is 65.2 Å². The maximum atomic E-state index is 13.2. The Morgan fingerprint density at radius 1 is 1.18 bits per heavy atom. The number of para-hydroxylation sites is 1. The minimum Gasteiger partial charge on any atom is -0.378 e. The first kappa shape index (κ1) is 23.3. The normalized spacial score (nSPS) is 15.5. The zero-order valence-electron chi connectivity index (χ0n) is 18.8. The van der Waals surface area contributed by atoms with E-state index in [2.05, 4.69) is 20.8 Å². The molecule has 0 saturated carbocycles. The van der Waals surface area contributed by atoms with Gasteiger partial charge >= 0.3 is 0 Å². The highest BCUT2D eigenvalue weighted by molar-refractivity contribution is 7.99. The number of carbonyl (C=O) groups excluding carboxylic acids is 1. The van der Waals surface area contributed by atoms with Crippen molar-refractivity contribution in [2.45, 2.75) is 51.0 Å². The summed E-state index contributed by atoms with van der Waals surface area (Å²) < 4.78 is 21.0. The summed E-state index contributed by atoms with van der Waals surface area (Å²) in [5.74, 6) is 0.602. The van der Waals surface area contributed by atoms with Gasteiger partial charge in [-0.1, -0.05) is 30.0 Å². The second-order valence-corrected chi connectivity index (χ2v) is 9.05. The Morgan fingerprint density at radius 2 is 1.94 bits per heavy atom. The lowest BCUT2D eigenvalue weighted by Gasteiger charge is -2.15. The van der Waals surface area contributed by atoms with E-state index in [-0.39, 0.29) is 23.6 Å². The third-order valence-corrected chi connectivity index (χ3v) is 6.54. The Kier molecular flexibility index (Phi) is 7.61. The fraction of sp³-hybridized carbons (Fsp3) is 0.375. The molecule has 1 aliphatic heterocycles. The maximum absolute atomic E-state index is 13.2. The van der Waals surface area contributed by atoms with Gasteiger partial charge in [-0.2, -0.15) is 0 Å². The monoisotopic (exact) mass is 469 g/mol. The van der Waals surface area contributed by atoms with Gasteiger partial charge in [0.05, 0.1) is 24.9 Å². The van der Waals surface area contributed by atoms with Gasteiger partial charge in [0.25, 0.3) is 0 Å². The van der Waals surface area contributed by atoms with Crippen LogP contribution in [-0.2, 0) is 22.6 Å². The Balaban J connectivity index is 1.43. The lowest BCUT2D eigenvalue weighted by Crippen LogP contribution is -2.20. The molecular formula is C24H28FN5O2S. The van der Waals surface area contributed by atoms with Crippen LogP contribution < -0.4 is 10.6 Å². The highest BCUT2D eigenvalue weighted by Gasteiger charge is 2.21. The first-order valence-corrected chi connectivity index (χ1v) is 12.0. The SMILES string of the molecule is Cc1cccc(C)c1NC(=O)CSc1nnc(CNc2ccc(F)cc2)n1C[C@H]1CCCO1. The number of nitrogens with zero attached hydrogens (tertiary/aromatic N) is 3. The van der Waals surface area contributed by atoms with Crippen molar-refractivity contribution in [2.75, 3.05) is 23.0 Å². The molecule has 0 spiro atoms. The summed E-state index contributed by atoms with van der Waals surface area (Å²) in [6.07, 6.45) is 2.13. The summed E-state index contributed by atoms with van der Waals surface area (Å²) in [7, 11) is 0. The van der Waals surface area contributed by atoms with Crippen LogP contribution in [0.15, 0.2) is 47.6 Å². The molecule has 1 saturated heterocycles. The third kappa shape index (κ3) is 6.11. The van der Waals surface area contributed by atoms with Gasteiger partial charge in [0.1, 0.15) is 5.82 Å². The number of rotatable bonds is 9. The van der Waals surface area contributed by atoms with Crippen LogP contribution in [0.25, 0.3) is 0 Å². The average molecular weight is 470 g/mol. The smallest absolute Gasteiger partial charge is 0.234 e. The molecule has 4 rings (SSSR count). The van der Waals surface area contributed by atoms with Gasteiger partial charge in [0.2, 0.25) is 5.91 Å². The average Bonchev–Trinajstić information content (AvgIpc) is 3.45. The van der Waals surface area contributed by atoms with Gasteiger partial charge in [-0.3, -0.25) is 4.79 Å². The summed E-state index contributed by atoms with van der Waals surface area (Å²) in [6.45, 7) is 5.79. The number of hydrogen-bond donors (Lipinski definition) is 2. The summed E-state index contributed by atoms with van der Waals surface area (Å²) in [5.41, 5.74) is 3.71. The predicted molar refractivity (Wildman–Crippen MR) is 128 cm³/mol. The number of benzene rings is 2. The molecule has 2 heterocycles. The number of hydrogen-bond acceptors (Lipinski definition) is 6. The molecule has 0 bridgehead atoms. The standard InChI is InChI=1S/C24H28FN5O2S/c1-16-5-3-6-17(2)23(16)27-22(31)15-33-24-29-28-21(30(24)14-20-7-4-12-32-20)13-26-19-10-8-18(25)9-11-19/h3,5-6,8-11,20,26H,4,7,12-15H2,1-2H3,(H,27,31)/t20-/m1/s1. The first-order chi connectivity index (χ1) is 16.0. The van der Waals surface area contributed by atoms with E-state index in [1.165, 1.54) is 23.9 Å². The van der Waals surface area contributed by atoms with Gasteiger partial charge in [0, 0.05) is 18.0 Å². The number of halogens is 1.